The second-order valence-corrected chi connectivity index (χ2v) is 8.65. The Hall–Kier alpha value is -2.37. The van der Waals surface area contributed by atoms with Gasteiger partial charge in [0.25, 0.3) is 0 Å². The summed E-state index contributed by atoms with van der Waals surface area (Å²) >= 11 is 7.04. The molecule has 30 heavy (non-hydrogen) atoms. The third-order valence-electron chi connectivity index (χ3n) is 6.57. The first-order valence-corrected chi connectivity index (χ1v) is 10.7. The number of fused-ring (bicyclic) bond motifs is 2. The average molecular weight is 428 g/mol. The predicted molar refractivity (Wildman–Crippen MR) is 114 cm³/mol. The van der Waals surface area contributed by atoms with Crippen LogP contribution in [0, 0.1) is 5.92 Å². The molecule has 6 heteroatoms. The van der Waals surface area contributed by atoms with Gasteiger partial charge in [-0.05, 0) is 31.0 Å². The summed E-state index contributed by atoms with van der Waals surface area (Å²) in [5.74, 6) is -1.43. The summed E-state index contributed by atoms with van der Waals surface area (Å²) in [4.78, 5) is 26.9. The van der Waals surface area contributed by atoms with Crippen LogP contribution in [-0.4, -0.2) is 49.2 Å². The fourth-order valence-electron chi connectivity index (χ4n) is 4.94. The van der Waals surface area contributed by atoms with Crippen LogP contribution in [0.1, 0.15) is 30.4 Å². The van der Waals surface area contributed by atoms with Gasteiger partial charge in [0.05, 0.1) is 7.11 Å². The largest absolute Gasteiger partial charge is 0.469 e. The number of halogens is 1. The molecule has 0 amide bonds. The highest BCUT2D eigenvalue weighted by Gasteiger charge is 2.52. The van der Waals surface area contributed by atoms with Gasteiger partial charge >= 0.3 is 11.9 Å². The second-order valence-electron chi connectivity index (χ2n) is 8.08. The number of ether oxygens (including phenoxy) is 2. The molecule has 158 valence electrons. The first-order chi connectivity index (χ1) is 14.5. The summed E-state index contributed by atoms with van der Waals surface area (Å²) in [7, 11) is 3.40. The molecule has 0 radical (unpaired) electrons. The molecule has 0 aromatic heterocycles. The Bertz CT molecular complexity index is 864. The van der Waals surface area contributed by atoms with E-state index in [2.05, 4.69) is 4.90 Å². The van der Waals surface area contributed by atoms with E-state index in [4.69, 9.17) is 21.1 Å². The number of hydrogen-bond donors (Lipinski definition) is 0. The van der Waals surface area contributed by atoms with Gasteiger partial charge in [-0.2, -0.15) is 0 Å². The number of carbonyl (C=O) groups excluding carboxylic acids is 2. The number of benzene rings is 2. The van der Waals surface area contributed by atoms with Crippen molar-refractivity contribution in [1.82, 2.24) is 4.90 Å². The standard InChI is InChI=1S/C24H26ClNO4/c1-26-18-13-14-19(26)21(22(27)29-2)20(15-18)30-23(28)24(25,16-9-5-3-6-10-16)17-11-7-4-8-12-17/h3-12,18-21H,13-15H2,1-2H3/t18-,19+,20-,21+/m1/s1. The molecule has 2 aliphatic heterocycles. The normalized spacial score (nSPS) is 26.2. The fraction of sp³-hybridized carbons (Fsp3) is 0.417. The Morgan fingerprint density at radius 3 is 2.10 bits per heavy atom. The highest BCUT2D eigenvalue weighted by Crippen LogP contribution is 2.43. The minimum atomic E-state index is -1.49. The highest BCUT2D eigenvalue weighted by atomic mass is 35.5. The van der Waals surface area contributed by atoms with Crippen LogP contribution in [0.2, 0.25) is 0 Å². The molecule has 0 aliphatic carbocycles. The lowest BCUT2D eigenvalue weighted by molar-refractivity contribution is -0.169. The number of piperidine rings is 1. The lowest BCUT2D eigenvalue weighted by atomic mass is 9.86. The van der Waals surface area contributed by atoms with Crippen molar-refractivity contribution in [1.29, 1.82) is 0 Å². The Kier molecular flexibility index (Phi) is 5.85. The van der Waals surface area contributed by atoms with Crippen LogP contribution in [0.5, 0.6) is 0 Å². The number of methoxy groups -OCH3 is 1. The van der Waals surface area contributed by atoms with Crippen molar-refractivity contribution in [3.63, 3.8) is 0 Å². The molecule has 0 unspecified atom stereocenters. The van der Waals surface area contributed by atoms with Gasteiger partial charge in [-0.3, -0.25) is 9.69 Å². The van der Waals surface area contributed by atoms with E-state index in [0.717, 1.165) is 12.8 Å². The van der Waals surface area contributed by atoms with Crippen LogP contribution < -0.4 is 0 Å². The Morgan fingerprint density at radius 1 is 1.00 bits per heavy atom. The molecule has 2 aromatic carbocycles. The lowest BCUT2D eigenvalue weighted by Crippen LogP contribution is -2.54. The number of carbonyl (C=O) groups is 2. The highest BCUT2D eigenvalue weighted by molar-refractivity contribution is 6.36. The van der Waals surface area contributed by atoms with Crippen molar-refractivity contribution in [3.05, 3.63) is 71.8 Å². The molecule has 2 fully saturated rings. The van der Waals surface area contributed by atoms with Crippen molar-refractivity contribution in [2.75, 3.05) is 14.2 Å². The van der Waals surface area contributed by atoms with E-state index in [9.17, 15) is 9.59 Å². The molecule has 2 aromatic rings. The quantitative estimate of drug-likeness (QED) is 0.537. The summed E-state index contributed by atoms with van der Waals surface area (Å²) < 4.78 is 11.1. The minimum Gasteiger partial charge on any atom is -0.469 e. The van der Waals surface area contributed by atoms with E-state index in [0.29, 0.717) is 17.5 Å². The molecular weight excluding hydrogens is 402 g/mol. The zero-order chi connectivity index (χ0) is 21.3. The molecule has 2 bridgehead atoms. The van der Waals surface area contributed by atoms with Crippen molar-refractivity contribution in [3.8, 4) is 0 Å². The molecule has 2 heterocycles. The summed E-state index contributed by atoms with van der Waals surface area (Å²) in [6.07, 6.45) is 1.89. The zero-order valence-electron chi connectivity index (χ0n) is 17.2. The third kappa shape index (κ3) is 3.50. The summed E-state index contributed by atoms with van der Waals surface area (Å²) in [6.45, 7) is 0. The van der Waals surface area contributed by atoms with Crippen molar-refractivity contribution in [2.24, 2.45) is 5.92 Å². The maximum absolute atomic E-state index is 13.6. The Morgan fingerprint density at radius 2 is 1.57 bits per heavy atom. The Labute approximate surface area is 181 Å². The minimum absolute atomic E-state index is 0.00664. The van der Waals surface area contributed by atoms with Gasteiger partial charge in [0.2, 0.25) is 0 Å². The van der Waals surface area contributed by atoms with Crippen molar-refractivity contribution < 1.29 is 19.1 Å². The molecule has 4 atom stereocenters. The molecule has 0 spiro atoms. The topological polar surface area (TPSA) is 55.8 Å². The van der Waals surface area contributed by atoms with Gasteiger partial charge in [-0.1, -0.05) is 72.3 Å². The first-order valence-electron chi connectivity index (χ1n) is 10.3. The summed E-state index contributed by atoms with van der Waals surface area (Å²) in [5, 5.41) is 0. The number of rotatable bonds is 5. The molecule has 5 nitrogen and oxygen atoms in total. The van der Waals surface area contributed by atoms with E-state index < -0.39 is 22.9 Å². The fourth-order valence-corrected chi connectivity index (χ4v) is 5.24. The summed E-state index contributed by atoms with van der Waals surface area (Å²) in [5.41, 5.74) is 1.27. The van der Waals surface area contributed by atoms with E-state index in [1.807, 2.05) is 67.7 Å². The number of hydrogen-bond acceptors (Lipinski definition) is 5. The van der Waals surface area contributed by atoms with Gasteiger partial charge < -0.3 is 9.47 Å². The Balaban J connectivity index is 1.68. The third-order valence-corrected chi connectivity index (χ3v) is 7.16. The summed E-state index contributed by atoms with van der Waals surface area (Å²) in [6, 6.07) is 18.7. The van der Waals surface area contributed by atoms with Gasteiger partial charge in [0.1, 0.15) is 12.0 Å². The molecule has 2 saturated heterocycles. The lowest BCUT2D eigenvalue weighted by Gasteiger charge is -2.41. The van der Waals surface area contributed by atoms with Gasteiger partial charge in [0.15, 0.2) is 4.87 Å². The van der Waals surface area contributed by atoms with Crippen molar-refractivity contribution >= 4 is 23.5 Å². The maximum atomic E-state index is 13.6. The second kappa shape index (κ2) is 8.40. The molecular formula is C24H26ClNO4. The van der Waals surface area contributed by atoms with E-state index in [-0.39, 0.29) is 18.1 Å². The van der Waals surface area contributed by atoms with Crippen LogP contribution >= 0.6 is 11.6 Å². The van der Waals surface area contributed by atoms with Gasteiger partial charge in [0, 0.05) is 18.5 Å². The monoisotopic (exact) mass is 427 g/mol. The first kappa shape index (κ1) is 20.9. The molecule has 0 N–H and O–H groups in total. The van der Waals surface area contributed by atoms with Crippen LogP contribution in [0.15, 0.2) is 60.7 Å². The zero-order valence-corrected chi connectivity index (χ0v) is 17.9. The van der Waals surface area contributed by atoms with E-state index in [1.54, 1.807) is 0 Å². The molecule has 0 saturated carbocycles. The molecule has 4 rings (SSSR count). The maximum Gasteiger partial charge on any atom is 0.336 e. The van der Waals surface area contributed by atoms with Crippen LogP contribution in [-0.2, 0) is 23.9 Å². The number of esters is 2. The van der Waals surface area contributed by atoms with E-state index >= 15 is 0 Å². The van der Waals surface area contributed by atoms with Crippen LogP contribution in [0.3, 0.4) is 0 Å². The average Bonchev–Trinajstić information content (AvgIpc) is 3.02. The van der Waals surface area contributed by atoms with Crippen molar-refractivity contribution in [2.45, 2.75) is 42.3 Å². The van der Waals surface area contributed by atoms with Crippen LogP contribution in [0.4, 0.5) is 0 Å². The van der Waals surface area contributed by atoms with Gasteiger partial charge in [-0.25, -0.2) is 4.79 Å². The smallest absolute Gasteiger partial charge is 0.336 e. The van der Waals surface area contributed by atoms with Gasteiger partial charge in [-0.15, -0.1) is 0 Å². The molecule has 2 aliphatic rings. The van der Waals surface area contributed by atoms with E-state index in [1.165, 1.54) is 7.11 Å². The van der Waals surface area contributed by atoms with Crippen LogP contribution in [0.25, 0.3) is 0 Å². The number of nitrogens with zero attached hydrogens (tertiary/aromatic N) is 1. The number of alkyl halides is 1. The SMILES string of the molecule is COC(=O)[C@@H]1[C@H](OC(=O)C(Cl)(c2ccccc2)c2ccccc2)C[C@H]2CC[C@@H]1N2C. The predicted octanol–water partition coefficient (Wildman–Crippen LogP) is 3.74.